The van der Waals surface area contributed by atoms with Gasteiger partial charge in [0, 0.05) is 24.7 Å². The van der Waals surface area contributed by atoms with Crippen LogP contribution in [0.15, 0.2) is 24.3 Å². The van der Waals surface area contributed by atoms with Gasteiger partial charge in [0.1, 0.15) is 12.4 Å². The lowest BCUT2D eigenvalue weighted by Gasteiger charge is -2.41. The minimum absolute atomic E-state index is 0.370. The fourth-order valence-electron chi connectivity index (χ4n) is 3.04. The van der Waals surface area contributed by atoms with Gasteiger partial charge in [-0.3, -0.25) is 0 Å². The van der Waals surface area contributed by atoms with E-state index in [1.54, 1.807) is 0 Å². The number of nitrogens with zero attached hydrogens (tertiary/aromatic N) is 1. The number of likely N-dealkylation sites (tertiary alicyclic amines) is 1. The quantitative estimate of drug-likeness (QED) is 0.902. The number of aryl methyl sites for hydroxylation is 1. The highest BCUT2D eigenvalue weighted by Gasteiger charge is 2.29. The maximum atomic E-state index is 5.87. The van der Waals surface area contributed by atoms with Gasteiger partial charge >= 0.3 is 0 Å². The predicted octanol–water partition coefficient (Wildman–Crippen LogP) is 3.08. The molecule has 1 aromatic carbocycles. The van der Waals surface area contributed by atoms with Crippen molar-refractivity contribution in [1.82, 2.24) is 10.2 Å². The first-order valence-electron chi connectivity index (χ1n) is 8.11. The average molecular weight is 290 g/mol. The molecule has 3 nitrogen and oxygen atoms in total. The van der Waals surface area contributed by atoms with E-state index in [1.165, 1.54) is 18.5 Å². The Bertz CT molecular complexity index is 431. The first-order chi connectivity index (χ1) is 9.95. The van der Waals surface area contributed by atoms with E-state index in [1.807, 2.05) is 12.1 Å². The molecule has 0 amide bonds. The molecule has 3 heteroatoms. The zero-order valence-corrected chi connectivity index (χ0v) is 14.1. The molecule has 0 bridgehead atoms. The lowest BCUT2D eigenvalue weighted by atomic mass is 9.89. The third-order valence-corrected chi connectivity index (χ3v) is 4.63. The molecule has 0 radical (unpaired) electrons. The van der Waals surface area contributed by atoms with Crippen LogP contribution in [0.3, 0.4) is 0 Å². The van der Waals surface area contributed by atoms with Crippen molar-refractivity contribution in [3.05, 3.63) is 29.8 Å². The number of benzene rings is 1. The fourth-order valence-corrected chi connectivity index (χ4v) is 3.04. The summed E-state index contributed by atoms with van der Waals surface area (Å²) < 4.78 is 5.87. The Labute approximate surface area is 129 Å². The molecular formula is C18H30N2O. The van der Waals surface area contributed by atoms with Crippen LogP contribution in [-0.2, 0) is 0 Å². The van der Waals surface area contributed by atoms with Crippen molar-refractivity contribution in [2.75, 3.05) is 20.2 Å². The van der Waals surface area contributed by atoms with Crippen LogP contribution in [0.2, 0.25) is 0 Å². The van der Waals surface area contributed by atoms with Crippen molar-refractivity contribution in [2.45, 2.75) is 52.2 Å². The minimum atomic E-state index is 0.370. The van der Waals surface area contributed by atoms with Crippen LogP contribution in [0.1, 0.15) is 32.8 Å². The van der Waals surface area contributed by atoms with E-state index < -0.39 is 0 Å². The molecule has 4 atom stereocenters. The van der Waals surface area contributed by atoms with Gasteiger partial charge in [0.25, 0.3) is 0 Å². The molecule has 1 saturated heterocycles. The van der Waals surface area contributed by atoms with Gasteiger partial charge in [0.05, 0.1) is 0 Å². The van der Waals surface area contributed by atoms with Gasteiger partial charge < -0.3 is 15.0 Å². The van der Waals surface area contributed by atoms with E-state index in [9.17, 15) is 0 Å². The highest BCUT2D eigenvalue weighted by molar-refractivity contribution is 5.26. The van der Waals surface area contributed by atoms with E-state index in [0.29, 0.717) is 24.0 Å². The molecule has 0 saturated carbocycles. The average Bonchev–Trinajstić information content (AvgIpc) is 2.44. The summed E-state index contributed by atoms with van der Waals surface area (Å²) in [6.45, 7) is 10.9. The smallest absolute Gasteiger partial charge is 0.119 e. The van der Waals surface area contributed by atoms with Gasteiger partial charge in [0.2, 0.25) is 0 Å². The lowest BCUT2D eigenvalue weighted by Crippen LogP contribution is -2.53. The van der Waals surface area contributed by atoms with Crippen molar-refractivity contribution >= 4 is 0 Å². The molecule has 4 unspecified atom stereocenters. The van der Waals surface area contributed by atoms with Crippen molar-refractivity contribution in [2.24, 2.45) is 5.92 Å². The van der Waals surface area contributed by atoms with Gasteiger partial charge in [0.15, 0.2) is 0 Å². The summed E-state index contributed by atoms with van der Waals surface area (Å²) in [5, 5.41) is 3.75. The number of ether oxygens (including phenoxy) is 1. The molecule has 118 valence electrons. The van der Waals surface area contributed by atoms with Gasteiger partial charge in [-0.05, 0) is 52.3 Å². The Morgan fingerprint density at radius 2 is 1.95 bits per heavy atom. The maximum absolute atomic E-state index is 5.87. The number of nitrogens with one attached hydrogen (secondary N) is 1. The van der Waals surface area contributed by atoms with Crippen LogP contribution in [0, 0.1) is 12.8 Å². The Morgan fingerprint density at radius 1 is 1.29 bits per heavy atom. The molecule has 21 heavy (non-hydrogen) atoms. The van der Waals surface area contributed by atoms with E-state index >= 15 is 0 Å². The molecule has 2 rings (SSSR count). The summed E-state index contributed by atoms with van der Waals surface area (Å²) in [4.78, 5) is 2.45. The molecule has 1 aromatic rings. The molecule has 0 aliphatic carbocycles. The van der Waals surface area contributed by atoms with Crippen LogP contribution in [0.4, 0.5) is 0 Å². The SMILES string of the molecule is Cc1ccc(OCC(C)NC2CC(C)N(C)CC2C)cc1. The first-order valence-corrected chi connectivity index (χ1v) is 8.11. The Kier molecular flexibility index (Phi) is 5.65. The van der Waals surface area contributed by atoms with Crippen LogP contribution in [0.5, 0.6) is 5.75 Å². The summed E-state index contributed by atoms with van der Waals surface area (Å²) in [6, 6.07) is 9.89. The second-order valence-electron chi connectivity index (χ2n) is 6.80. The maximum Gasteiger partial charge on any atom is 0.119 e. The standard InChI is InChI=1S/C18H30N2O/c1-13-6-8-17(9-7-13)21-12-15(3)19-18-10-16(4)20(5)11-14(18)2/h6-9,14-16,18-19H,10-12H2,1-5H3. The fraction of sp³-hybridized carbons (Fsp3) is 0.667. The van der Waals surface area contributed by atoms with Crippen LogP contribution >= 0.6 is 0 Å². The Hall–Kier alpha value is -1.06. The highest BCUT2D eigenvalue weighted by atomic mass is 16.5. The Balaban J connectivity index is 1.78. The zero-order chi connectivity index (χ0) is 15.4. The monoisotopic (exact) mass is 290 g/mol. The van der Waals surface area contributed by atoms with E-state index in [2.05, 4.69) is 57.1 Å². The summed E-state index contributed by atoms with van der Waals surface area (Å²) >= 11 is 0. The zero-order valence-electron chi connectivity index (χ0n) is 14.1. The van der Waals surface area contributed by atoms with Crippen molar-refractivity contribution in [3.8, 4) is 5.75 Å². The largest absolute Gasteiger partial charge is 0.492 e. The second-order valence-corrected chi connectivity index (χ2v) is 6.80. The van der Waals surface area contributed by atoms with Gasteiger partial charge in [-0.1, -0.05) is 24.6 Å². The number of rotatable bonds is 5. The van der Waals surface area contributed by atoms with Crippen molar-refractivity contribution in [3.63, 3.8) is 0 Å². The van der Waals surface area contributed by atoms with Gasteiger partial charge in [-0.2, -0.15) is 0 Å². The normalized spacial score (nSPS) is 28.3. The van der Waals surface area contributed by atoms with Crippen LogP contribution < -0.4 is 10.1 Å². The lowest BCUT2D eigenvalue weighted by molar-refractivity contribution is 0.111. The first kappa shape index (κ1) is 16.3. The molecule has 1 heterocycles. The predicted molar refractivity (Wildman–Crippen MR) is 88.9 cm³/mol. The summed E-state index contributed by atoms with van der Waals surface area (Å²) in [5.74, 6) is 1.65. The topological polar surface area (TPSA) is 24.5 Å². The summed E-state index contributed by atoms with van der Waals surface area (Å²) in [7, 11) is 2.22. The van der Waals surface area contributed by atoms with E-state index in [-0.39, 0.29) is 0 Å². The van der Waals surface area contributed by atoms with Crippen LogP contribution in [-0.4, -0.2) is 43.2 Å². The third kappa shape index (κ3) is 4.72. The van der Waals surface area contributed by atoms with Crippen LogP contribution in [0.25, 0.3) is 0 Å². The number of hydrogen-bond acceptors (Lipinski definition) is 3. The second kappa shape index (κ2) is 7.28. The molecule has 0 spiro atoms. The number of hydrogen-bond donors (Lipinski definition) is 1. The molecule has 1 fully saturated rings. The highest BCUT2D eigenvalue weighted by Crippen LogP contribution is 2.21. The van der Waals surface area contributed by atoms with Gasteiger partial charge in [-0.25, -0.2) is 0 Å². The van der Waals surface area contributed by atoms with Gasteiger partial charge in [-0.15, -0.1) is 0 Å². The van der Waals surface area contributed by atoms with Crippen molar-refractivity contribution < 1.29 is 4.74 Å². The Morgan fingerprint density at radius 3 is 2.62 bits per heavy atom. The summed E-state index contributed by atoms with van der Waals surface area (Å²) in [6.07, 6.45) is 1.21. The molecule has 1 aliphatic heterocycles. The molecule has 1 N–H and O–H groups in total. The van der Waals surface area contributed by atoms with E-state index in [0.717, 1.165) is 12.4 Å². The number of piperidine rings is 1. The summed E-state index contributed by atoms with van der Waals surface area (Å²) in [5.41, 5.74) is 1.27. The molecule has 1 aliphatic rings. The van der Waals surface area contributed by atoms with Crippen molar-refractivity contribution in [1.29, 1.82) is 0 Å². The molecule has 0 aromatic heterocycles. The van der Waals surface area contributed by atoms with E-state index in [4.69, 9.17) is 4.74 Å². The molecular weight excluding hydrogens is 260 g/mol. The minimum Gasteiger partial charge on any atom is -0.492 e. The third-order valence-electron chi connectivity index (χ3n) is 4.63.